The van der Waals surface area contributed by atoms with Crippen molar-refractivity contribution in [2.45, 2.75) is 38.8 Å². The van der Waals surface area contributed by atoms with Gasteiger partial charge in [0.25, 0.3) is 0 Å². The largest absolute Gasteiger partial charge is 0.488 e. The summed E-state index contributed by atoms with van der Waals surface area (Å²) in [6.45, 7) is 6.04. The first-order valence-electron chi connectivity index (χ1n) is 5.35. The molecule has 16 heavy (non-hydrogen) atoms. The van der Waals surface area contributed by atoms with Gasteiger partial charge in [0.1, 0.15) is 11.4 Å². The molecule has 2 rings (SSSR count). The van der Waals surface area contributed by atoms with Crippen molar-refractivity contribution in [3.8, 4) is 5.75 Å². The second-order valence-electron chi connectivity index (χ2n) is 4.83. The van der Waals surface area contributed by atoms with Gasteiger partial charge in [-0.2, -0.15) is 0 Å². The molecule has 1 heterocycles. The van der Waals surface area contributed by atoms with Gasteiger partial charge in [-0.25, -0.2) is 0 Å². The normalized spacial score (nSPS) is 21.6. The highest BCUT2D eigenvalue weighted by molar-refractivity contribution is 5.41. The Morgan fingerprint density at radius 2 is 2.25 bits per heavy atom. The van der Waals surface area contributed by atoms with Crippen LogP contribution in [0.5, 0.6) is 5.75 Å². The van der Waals surface area contributed by atoms with Gasteiger partial charge in [-0.3, -0.25) is 0 Å². The lowest BCUT2D eigenvalue weighted by atomic mass is 9.89. The summed E-state index contributed by atoms with van der Waals surface area (Å²) in [7, 11) is 0. The molecule has 1 unspecified atom stereocenters. The van der Waals surface area contributed by atoms with E-state index in [-0.39, 0.29) is 11.6 Å². The lowest BCUT2D eigenvalue weighted by molar-refractivity contribution is 0.0729. The first-order chi connectivity index (χ1) is 7.52. The second kappa shape index (κ2) is 3.72. The van der Waals surface area contributed by atoms with E-state index in [1.54, 1.807) is 0 Å². The van der Waals surface area contributed by atoms with Crippen molar-refractivity contribution >= 4 is 0 Å². The van der Waals surface area contributed by atoms with E-state index in [2.05, 4.69) is 10.0 Å². The SMILES string of the molecule is Cc1ccc2c(c1)C(N=[N+]=[N-])CC(C)(C)O2. The summed E-state index contributed by atoms with van der Waals surface area (Å²) in [6, 6.07) is 5.87. The van der Waals surface area contributed by atoms with Crippen molar-refractivity contribution < 1.29 is 4.74 Å². The van der Waals surface area contributed by atoms with E-state index in [1.807, 2.05) is 39.0 Å². The second-order valence-corrected chi connectivity index (χ2v) is 4.83. The van der Waals surface area contributed by atoms with E-state index in [4.69, 9.17) is 10.3 Å². The molecular weight excluding hydrogens is 202 g/mol. The molecule has 0 N–H and O–H groups in total. The Morgan fingerprint density at radius 3 is 2.94 bits per heavy atom. The quantitative estimate of drug-likeness (QED) is 0.399. The van der Waals surface area contributed by atoms with Gasteiger partial charge < -0.3 is 4.74 Å². The molecule has 1 aliphatic rings. The number of rotatable bonds is 1. The molecule has 4 heteroatoms. The number of ether oxygens (including phenoxy) is 1. The Hall–Kier alpha value is -1.67. The number of azide groups is 1. The molecule has 0 saturated heterocycles. The summed E-state index contributed by atoms with van der Waals surface area (Å²) in [4.78, 5) is 2.92. The molecular formula is C12H15N3O. The van der Waals surface area contributed by atoms with E-state index in [0.717, 1.165) is 16.9 Å². The van der Waals surface area contributed by atoms with E-state index in [1.165, 1.54) is 0 Å². The predicted molar refractivity (Wildman–Crippen MR) is 62.4 cm³/mol. The Kier molecular flexibility index (Phi) is 2.52. The number of nitrogens with zero attached hydrogens (tertiary/aromatic N) is 3. The van der Waals surface area contributed by atoms with Crippen LogP contribution in [0.1, 0.15) is 37.4 Å². The Labute approximate surface area is 94.9 Å². The topological polar surface area (TPSA) is 58.0 Å². The van der Waals surface area contributed by atoms with Crippen LogP contribution in [0.25, 0.3) is 10.4 Å². The molecule has 84 valence electrons. The van der Waals surface area contributed by atoms with Gasteiger partial charge >= 0.3 is 0 Å². The summed E-state index contributed by atoms with van der Waals surface area (Å²) in [6.07, 6.45) is 0.716. The zero-order valence-electron chi connectivity index (χ0n) is 9.77. The van der Waals surface area contributed by atoms with Crippen molar-refractivity contribution in [1.29, 1.82) is 0 Å². The molecule has 1 atom stereocenters. The molecule has 0 saturated carbocycles. The van der Waals surface area contributed by atoms with Crippen LogP contribution in [0.15, 0.2) is 23.3 Å². The predicted octanol–water partition coefficient (Wildman–Crippen LogP) is 3.91. The lowest BCUT2D eigenvalue weighted by Crippen LogP contribution is -2.34. The Morgan fingerprint density at radius 1 is 1.50 bits per heavy atom. The molecule has 0 fully saturated rings. The summed E-state index contributed by atoms with van der Waals surface area (Å²) in [5.74, 6) is 0.833. The van der Waals surface area contributed by atoms with Crippen LogP contribution >= 0.6 is 0 Å². The maximum atomic E-state index is 8.60. The molecule has 0 radical (unpaired) electrons. The third kappa shape index (κ3) is 1.97. The smallest absolute Gasteiger partial charge is 0.123 e. The molecule has 0 bridgehead atoms. The summed E-state index contributed by atoms with van der Waals surface area (Å²) in [5.41, 5.74) is 10.5. The highest BCUT2D eigenvalue weighted by Gasteiger charge is 2.33. The Bertz CT molecular complexity index is 461. The third-order valence-electron chi connectivity index (χ3n) is 2.79. The van der Waals surface area contributed by atoms with Gasteiger partial charge in [-0.1, -0.05) is 22.8 Å². The number of aryl methyl sites for hydroxylation is 1. The first kappa shape index (κ1) is 10.8. The molecule has 4 nitrogen and oxygen atoms in total. The Balaban J connectivity index is 2.51. The van der Waals surface area contributed by atoms with Gasteiger partial charge in [0.2, 0.25) is 0 Å². The van der Waals surface area contributed by atoms with Crippen molar-refractivity contribution in [3.05, 3.63) is 39.8 Å². The fourth-order valence-corrected chi connectivity index (χ4v) is 2.10. The monoisotopic (exact) mass is 217 g/mol. The average Bonchev–Trinajstić information content (AvgIpc) is 2.18. The molecule has 1 aliphatic heterocycles. The molecule has 0 aromatic heterocycles. The fraction of sp³-hybridized carbons (Fsp3) is 0.500. The van der Waals surface area contributed by atoms with E-state index in [9.17, 15) is 0 Å². The zero-order chi connectivity index (χ0) is 11.8. The zero-order valence-corrected chi connectivity index (χ0v) is 9.77. The van der Waals surface area contributed by atoms with E-state index >= 15 is 0 Å². The maximum absolute atomic E-state index is 8.60. The fourth-order valence-electron chi connectivity index (χ4n) is 2.10. The van der Waals surface area contributed by atoms with Crippen LogP contribution in [0.4, 0.5) is 0 Å². The molecule has 0 spiro atoms. The van der Waals surface area contributed by atoms with Crippen LogP contribution in [0.3, 0.4) is 0 Å². The highest BCUT2D eigenvalue weighted by Crippen LogP contribution is 2.41. The highest BCUT2D eigenvalue weighted by atomic mass is 16.5. The summed E-state index contributed by atoms with van der Waals surface area (Å²) < 4.78 is 5.87. The van der Waals surface area contributed by atoms with Crippen LogP contribution in [-0.2, 0) is 0 Å². The minimum absolute atomic E-state index is 0.122. The minimum atomic E-state index is -0.277. The van der Waals surface area contributed by atoms with Crippen LogP contribution in [0.2, 0.25) is 0 Å². The van der Waals surface area contributed by atoms with Gasteiger partial charge in [0.05, 0.1) is 6.04 Å². The average molecular weight is 217 g/mol. The van der Waals surface area contributed by atoms with Crippen LogP contribution in [-0.4, -0.2) is 5.60 Å². The van der Waals surface area contributed by atoms with Gasteiger partial charge in [-0.15, -0.1) is 0 Å². The van der Waals surface area contributed by atoms with E-state index in [0.29, 0.717) is 6.42 Å². The van der Waals surface area contributed by atoms with Gasteiger partial charge in [0.15, 0.2) is 0 Å². The minimum Gasteiger partial charge on any atom is -0.488 e. The number of fused-ring (bicyclic) bond motifs is 1. The van der Waals surface area contributed by atoms with Crippen molar-refractivity contribution in [1.82, 2.24) is 0 Å². The maximum Gasteiger partial charge on any atom is 0.123 e. The molecule has 0 aliphatic carbocycles. The van der Waals surface area contributed by atoms with Crippen molar-refractivity contribution in [2.24, 2.45) is 5.11 Å². The van der Waals surface area contributed by atoms with Crippen molar-refractivity contribution in [3.63, 3.8) is 0 Å². The number of hydrogen-bond acceptors (Lipinski definition) is 2. The number of hydrogen-bond donors (Lipinski definition) is 0. The van der Waals surface area contributed by atoms with Crippen LogP contribution in [0, 0.1) is 6.92 Å². The summed E-state index contributed by atoms with van der Waals surface area (Å²) in [5, 5.41) is 3.86. The standard InChI is InChI=1S/C12H15N3O/c1-8-4-5-11-9(6-8)10(14-15-13)7-12(2,3)16-11/h4-6,10H,7H2,1-3H3. The van der Waals surface area contributed by atoms with E-state index < -0.39 is 0 Å². The summed E-state index contributed by atoms with van der Waals surface area (Å²) >= 11 is 0. The molecule has 1 aromatic carbocycles. The van der Waals surface area contributed by atoms with Gasteiger partial charge in [-0.05, 0) is 38.8 Å². The van der Waals surface area contributed by atoms with Gasteiger partial charge in [0, 0.05) is 10.5 Å². The molecule has 0 amide bonds. The van der Waals surface area contributed by atoms with Crippen molar-refractivity contribution in [2.75, 3.05) is 0 Å². The first-order valence-corrected chi connectivity index (χ1v) is 5.35. The lowest BCUT2D eigenvalue weighted by Gasteiger charge is -2.36. The number of benzene rings is 1. The van der Waals surface area contributed by atoms with Crippen LogP contribution < -0.4 is 4.74 Å². The molecule has 1 aromatic rings. The third-order valence-corrected chi connectivity index (χ3v) is 2.79.